The maximum atomic E-state index is 12.5. The van der Waals surface area contributed by atoms with E-state index in [1.165, 1.54) is 13.3 Å². The normalized spacial score (nSPS) is 10.6. The second kappa shape index (κ2) is 12.3. The highest BCUT2D eigenvalue weighted by molar-refractivity contribution is 6.31. The Kier molecular flexibility index (Phi) is 8.94. The van der Waals surface area contributed by atoms with Crippen LogP contribution in [0.5, 0.6) is 23.0 Å². The van der Waals surface area contributed by atoms with Crippen LogP contribution in [0.25, 0.3) is 0 Å². The van der Waals surface area contributed by atoms with Gasteiger partial charge in [0.2, 0.25) is 0 Å². The SMILES string of the molecule is C=CCOc1ccc(C(=O)N/N=C/c2ccc(OCc3ccccc3Cl)c(OC)c2)cc1OC. The minimum absolute atomic E-state index is 0.306. The highest BCUT2D eigenvalue weighted by Gasteiger charge is 2.11. The Labute approximate surface area is 203 Å². The minimum atomic E-state index is -0.392. The number of halogens is 1. The lowest BCUT2D eigenvalue weighted by atomic mass is 10.2. The number of nitrogens with one attached hydrogen (secondary N) is 1. The summed E-state index contributed by atoms with van der Waals surface area (Å²) in [5, 5.41) is 4.67. The summed E-state index contributed by atoms with van der Waals surface area (Å²) in [6, 6.07) is 17.7. The van der Waals surface area contributed by atoms with Crippen molar-refractivity contribution >= 4 is 23.7 Å². The lowest BCUT2D eigenvalue weighted by Crippen LogP contribution is -2.17. The number of ether oxygens (including phenoxy) is 4. The summed E-state index contributed by atoms with van der Waals surface area (Å²) in [5.74, 6) is 1.66. The van der Waals surface area contributed by atoms with Gasteiger partial charge in [0.25, 0.3) is 5.91 Å². The average molecular weight is 481 g/mol. The van der Waals surface area contributed by atoms with Gasteiger partial charge in [-0.1, -0.05) is 42.5 Å². The minimum Gasteiger partial charge on any atom is -0.493 e. The molecule has 3 aromatic rings. The van der Waals surface area contributed by atoms with Crippen LogP contribution in [-0.2, 0) is 6.61 Å². The molecule has 0 aliphatic rings. The third-order valence-corrected chi connectivity index (χ3v) is 5.06. The average Bonchev–Trinajstić information content (AvgIpc) is 2.87. The van der Waals surface area contributed by atoms with Crippen LogP contribution in [0.2, 0.25) is 5.02 Å². The summed E-state index contributed by atoms with van der Waals surface area (Å²) in [5.41, 5.74) is 4.46. The lowest BCUT2D eigenvalue weighted by molar-refractivity contribution is 0.0954. The topological polar surface area (TPSA) is 78.4 Å². The maximum absolute atomic E-state index is 12.5. The van der Waals surface area contributed by atoms with Gasteiger partial charge in [0.15, 0.2) is 23.0 Å². The maximum Gasteiger partial charge on any atom is 0.271 e. The van der Waals surface area contributed by atoms with Crippen LogP contribution < -0.4 is 24.4 Å². The molecule has 3 aromatic carbocycles. The van der Waals surface area contributed by atoms with Gasteiger partial charge in [0, 0.05) is 16.1 Å². The van der Waals surface area contributed by atoms with E-state index in [1.54, 1.807) is 49.6 Å². The van der Waals surface area contributed by atoms with Gasteiger partial charge in [-0.05, 0) is 48.0 Å². The van der Waals surface area contributed by atoms with Gasteiger partial charge in [-0.3, -0.25) is 4.79 Å². The van der Waals surface area contributed by atoms with Crippen LogP contribution in [0.15, 0.2) is 78.4 Å². The number of carbonyl (C=O) groups is 1. The molecule has 3 rings (SSSR count). The van der Waals surface area contributed by atoms with Crippen LogP contribution in [-0.4, -0.2) is 32.9 Å². The summed E-state index contributed by atoms with van der Waals surface area (Å²) >= 11 is 6.18. The highest BCUT2D eigenvalue weighted by atomic mass is 35.5. The zero-order valence-electron chi connectivity index (χ0n) is 18.9. The zero-order valence-corrected chi connectivity index (χ0v) is 19.7. The predicted molar refractivity (Wildman–Crippen MR) is 133 cm³/mol. The first-order valence-corrected chi connectivity index (χ1v) is 10.7. The third kappa shape index (κ3) is 6.52. The highest BCUT2D eigenvalue weighted by Crippen LogP contribution is 2.30. The number of hydrogen-bond acceptors (Lipinski definition) is 6. The summed E-state index contributed by atoms with van der Waals surface area (Å²) < 4.78 is 22.1. The standard InChI is InChI=1S/C26H25ClN2O5/c1-4-13-33-22-12-10-19(15-25(22)32-3)26(30)29-28-16-18-9-11-23(24(14-18)31-2)34-17-20-7-5-6-8-21(20)27/h4-12,14-16H,1,13,17H2,2-3H3,(H,29,30)/b28-16+. The quantitative estimate of drug-likeness (QED) is 0.230. The largest absolute Gasteiger partial charge is 0.493 e. The Morgan fingerprint density at radius 1 is 0.971 bits per heavy atom. The first-order valence-electron chi connectivity index (χ1n) is 10.3. The van der Waals surface area contributed by atoms with E-state index in [9.17, 15) is 4.79 Å². The fourth-order valence-corrected chi connectivity index (χ4v) is 3.15. The molecule has 7 nitrogen and oxygen atoms in total. The smallest absolute Gasteiger partial charge is 0.271 e. The van der Waals surface area contributed by atoms with Crippen molar-refractivity contribution in [2.45, 2.75) is 6.61 Å². The van der Waals surface area contributed by atoms with Gasteiger partial charge in [-0.15, -0.1) is 0 Å². The van der Waals surface area contributed by atoms with Crippen molar-refractivity contribution < 1.29 is 23.7 Å². The molecule has 0 heterocycles. The molecule has 0 atom stereocenters. The molecule has 0 aliphatic carbocycles. The molecule has 8 heteroatoms. The van der Waals surface area contributed by atoms with Gasteiger partial charge in [-0.2, -0.15) is 5.10 Å². The summed E-state index contributed by atoms with van der Waals surface area (Å²) in [4.78, 5) is 12.5. The molecular formula is C26H25ClN2O5. The van der Waals surface area contributed by atoms with Crippen LogP contribution in [0, 0.1) is 0 Å². The second-order valence-electron chi connectivity index (χ2n) is 6.95. The van der Waals surface area contributed by atoms with Crippen LogP contribution >= 0.6 is 11.6 Å². The van der Waals surface area contributed by atoms with Crippen LogP contribution in [0.3, 0.4) is 0 Å². The van der Waals surface area contributed by atoms with Crippen molar-refractivity contribution in [2.75, 3.05) is 20.8 Å². The lowest BCUT2D eigenvalue weighted by Gasteiger charge is -2.12. The van der Waals surface area contributed by atoms with Crippen molar-refractivity contribution in [1.82, 2.24) is 5.43 Å². The molecule has 0 saturated carbocycles. The molecule has 0 saturated heterocycles. The molecule has 0 aromatic heterocycles. The van der Waals surface area contributed by atoms with E-state index in [4.69, 9.17) is 30.5 Å². The second-order valence-corrected chi connectivity index (χ2v) is 7.36. The number of nitrogens with zero attached hydrogens (tertiary/aromatic N) is 1. The number of hydrogen-bond donors (Lipinski definition) is 1. The van der Waals surface area contributed by atoms with Crippen molar-refractivity contribution in [3.05, 3.63) is 95.0 Å². The Hall–Kier alpha value is -3.97. The molecule has 1 amide bonds. The van der Waals surface area contributed by atoms with Gasteiger partial charge < -0.3 is 18.9 Å². The molecule has 0 fully saturated rings. The number of hydrazone groups is 1. The van der Waals surface area contributed by atoms with Gasteiger partial charge in [0.05, 0.1) is 20.4 Å². The van der Waals surface area contributed by atoms with Crippen molar-refractivity contribution in [3.63, 3.8) is 0 Å². The predicted octanol–water partition coefficient (Wildman–Crippen LogP) is 5.26. The molecule has 0 bridgehead atoms. The Balaban J connectivity index is 1.63. The number of carbonyl (C=O) groups excluding carboxylic acids is 1. The fraction of sp³-hybridized carbons (Fsp3) is 0.154. The van der Waals surface area contributed by atoms with Gasteiger partial charge >= 0.3 is 0 Å². The number of methoxy groups -OCH3 is 2. The molecule has 0 unspecified atom stereocenters. The molecule has 34 heavy (non-hydrogen) atoms. The first kappa shape index (κ1) is 24.7. The van der Waals surface area contributed by atoms with E-state index in [2.05, 4.69) is 17.1 Å². The van der Waals surface area contributed by atoms with Gasteiger partial charge in [-0.25, -0.2) is 5.43 Å². The van der Waals surface area contributed by atoms with Crippen molar-refractivity contribution in [2.24, 2.45) is 5.10 Å². The van der Waals surface area contributed by atoms with Crippen molar-refractivity contribution in [1.29, 1.82) is 0 Å². The Morgan fingerprint density at radius 3 is 2.41 bits per heavy atom. The van der Waals surface area contributed by atoms with E-state index >= 15 is 0 Å². The summed E-state index contributed by atoms with van der Waals surface area (Å²) in [7, 11) is 3.06. The number of amides is 1. The Bertz CT molecular complexity index is 1180. The molecule has 0 aliphatic heterocycles. The molecular weight excluding hydrogens is 456 g/mol. The van der Waals surface area contributed by atoms with Crippen LogP contribution in [0.4, 0.5) is 0 Å². The van der Waals surface area contributed by atoms with E-state index < -0.39 is 5.91 Å². The van der Waals surface area contributed by atoms with E-state index in [0.29, 0.717) is 52.4 Å². The number of rotatable bonds is 11. The van der Waals surface area contributed by atoms with E-state index in [0.717, 1.165) is 5.56 Å². The van der Waals surface area contributed by atoms with Crippen LogP contribution in [0.1, 0.15) is 21.5 Å². The molecule has 1 N–H and O–H groups in total. The number of benzene rings is 3. The van der Waals surface area contributed by atoms with E-state index in [-0.39, 0.29) is 0 Å². The van der Waals surface area contributed by atoms with Crippen molar-refractivity contribution in [3.8, 4) is 23.0 Å². The molecule has 0 radical (unpaired) electrons. The summed E-state index contributed by atoms with van der Waals surface area (Å²) in [6.45, 7) is 4.25. The Morgan fingerprint density at radius 2 is 1.68 bits per heavy atom. The fourth-order valence-electron chi connectivity index (χ4n) is 2.96. The summed E-state index contributed by atoms with van der Waals surface area (Å²) in [6.07, 6.45) is 3.14. The monoisotopic (exact) mass is 480 g/mol. The molecule has 0 spiro atoms. The van der Waals surface area contributed by atoms with Gasteiger partial charge in [0.1, 0.15) is 13.2 Å². The molecule has 176 valence electrons. The van der Waals surface area contributed by atoms with E-state index in [1.807, 2.05) is 24.3 Å². The first-order chi connectivity index (χ1) is 16.5. The zero-order chi connectivity index (χ0) is 24.3. The third-order valence-electron chi connectivity index (χ3n) is 4.69.